The third-order valence-corrected chi connectivity index (χ3v) is 5.24. The molecule has 0 aromatic heterocycles. The Morgan fingerprint density at radius 1 is 1.21 bits per heavy atom. The van der Waals surface area contributed by atoms with Gasteiger partial charge < -0.3 is 20.7 Å². The number of aryl methyl sites for hydroxylation is 2. The number of amides is 2. The Bertz CT molecular complexity index is 648. The Kier molecular flexibility index (Phi) is 9.28. The summed E-state index contributed by atoms with van der Waals surface area (Å²) in [4.78, 5) is 26.3. The van der Waals surface area contributed by atoms with Crippen LogP contribution in [0.3, 0.4) is 0 Å². The molecule has 1 aromatic carbocycles. The zero-order valence-corrected chi connectivity index (χ0v) is 17.3. The monoisotopic (exact) mass is 389 g/mol. The summed E-state index contributed by atoms with van der Waals surface area (Å²) in [5, 5.41) is 2.91. The van der Waals surface area contributed by atoms with Crippen molar-refractivity contribution in [2.24, 2.45) is 5.73 Å². The van der Waals surface area contributed by atoms with E-state index < -0.39 is 0 Å². The van der Waals surface area contributed by atoms with Gasteiger partial charge >= 0.3 is 0 Å². The number of piperidine rings is 1. The second-order valence-corrected chi connectivity index (χ2v) is 7.65. The number of likely N-dealkylation sites (tertiary alicyclic amines) is 1. The minimum Gasteiger partial charge on any atom is -0.493 e. The molecule has 0 bridgehead atoms. The smallest absolute Gasteiger partial charge is 0.222 e. The number of rotatable bonds is 10. The van der Waals surface area contributed by atoms with Gasteiger partial charge in [0.1, 0.15) is 5.75 Å². The number of hydrogen-bond acceptors (Lipinski definition) is 4. The molecule has 1 fully saturated rings. The molecule has 1 saturated heterocycles. The molecule has 6 nitrogen and oxygen atoms in total. The van der Waals surface area contributed by atoms with E-state index in [9.17, 15) is 9.59 Å². The van der Waals surface area contributed by atoms with Crippen LogP contribution in [0.25, 0.3) is 0 Å². The highest BCUT2D eigenvalue weighted by molar-refractivity contribution is 5.77. The summed E-state index contributed by atoms with van der Waals surface area (Å²) < 4.78 is 5.87. The number of benzene rings is 1. The summed E-state index contributed by atoms with van der Waals surface area (Å²) >= 11 is 0. The van der Waals surface area contributed by atoms with Crippen LogP contribution in [0.5, 0.6) is 5.75 Å². The molecule has 1 aromatic rings. The molecule has 0 saturated carbocycles. The molecule has 0 spiro atoms. The van der Waals surface area contributed by atoms with Crippen molar-refractivity contribution in [3.05, 3.63) is 29.3 Å². The molecule has 1 aliphatic rings. The van der Waals surface area contributed by atoms with Crippen LogP contribution in [0, 0.1) is 13.8 Å². The molecule has 0 radical (unpaired) electrons. The zero-order valence-electron chi connectivity index (χ0n) is 17.3. The van der Waals surface area contributed by atoms with Crippen molar-refractivity contribution in [1.29, 1.82) is 0 Å². The van der Waals surface area contributed by atoms with Crippen molar-refractivity contribution in [1.82, 2.24) is 10.2 Å². The minimum absolute atomic E-state index is 0.0379. The SMILES string of the molecule is Cc1ccc(C)c(OCCCCC(=O)N2CCCCC2CNC(=O)CCN)c1. The fourth-order valence-corrected chi connectivity index (χ4v) is 3.56. The first-order valence-electron chi connectivity index (χ1n) is 10.5. The summed E-state index contributed by atoms with van der Waals surface area (Å²) in [6, 6.07) is 6.30. The minimum atomic E-state index is -0.0379. The molecule has 28 heavy (non-hydrogen) atoms. The third kappa shape index (κ3) is 7.15. The Balaban J connectivity index is 1.71. The lowest BCUT2D eigenvalue weighted by molar-refractivity contribution is -0.135. The summed E-state index contributed by atoms with van der Waals surface area (Å²) in [6.45, 7) is 6.38. The van der Waals surface area contributed by atoms with E-state index in [4.69, 9.17) is 10.5 Å². The predicted molar refractivity (Wildman–Crippen MR) is 111 cm³/mol. The van der Waals surface area contributed by atoms with Gasteiger partial charge in [-0.3, -0.25) is 9.59 Å². The fourth-order valence-electron chi connectivity index (χ4n) is 3.56. The highest BCUT2D eigenvalue weighted by Crippen LogP contribution is 2.20. The molecule has 1 aliphatic heterocycles. The third-order valence-electron chi connectivity index (χ3n) is 5.24. The fraction of sp³-hybridized carbons (Fsp3) is 0.636. The first kappa shape index (κ1) is 22.2. The molecule has 1 atom stereocenters. The van der Waals surface area contributed by atoms with Crippen molar-refractivity contribution >= 4 is 11.8 Å². The Labute approximate surface area is 168 Å². The quantitative estimate of drug-likeness (QED) is 0.603. The van der Waals surface area contributed by atoms with Crippen molar-refractivity contribution in [2.45, 2.75) is 64.8 Å². The van der Waals surface area contributed by atoms with Crippen LogP contribution in [-0.4, -0.2) is 49.0 Å². The molecule has 2 amide bonds. The summed E-state index contributed by atoms with van der Waals surface area (Å²) in [7, 11) is 0. The van der Waals surface area contributed by atoms with Crippen LogP contribution in [0.1, 0.15) is 56.1 Å². The normalized spacial score (nSPS) is 16.7. The topological polar surface area (TPSA) is 84.7 Å². The predicted octanol–water partition coefficient (Wildman–Crippen LogP) is 2.70. The van der Waals surface area contributed by atoms with E-state index in [1.165, 1.54) is 5.56 Å². The average Bonchev–Trinajstić information content (AvgIpc) is 2.69. The van der Waals surface area contributed by atoms with Crippen LogP contribution in [0.15, 0.2) is 18.2 Å². The maximum absolute atomic E-state index is 12.7. The van der Waals surface area contributed by atoms with Crippen molar-refractivity contribution in [3.63, 3.8) is 0 Å². The first-order valence-corrected chi connectivity index (χ1v) is 10.5. The zero-order chi connectivity index (χ0) is 20.4. The molecular weight excluding hydrogens is 354 g/mol. The number of carbonyl (C=O) groups excluding carboxylic acids is 2. The van der Waals surface area contributed by atoms with Gasteiger partial charge in [-0.15, -0.1) is 0 Å². The number of nitrogens with two attached hydrogens (primary N) is 1. The van der Waals surface area contributed by atoms with Crippen LogP contribution in [0.2, 0.25) is 0 Å². The van der Waals surface area contributed by atoms with E-state index in [0.717, 1.165) is 50.0 Å². The lowest BCUT2D eigenvalue weighted by Gasteiger charge is -2.36. The summed E-state index contributed by atoms with van der Waals surface area (Å²) in [5.74, 6) is 1.07. The summed E-state index contributed by atoms with van der Waals surface area (Å²) in [6.07, 6.45) is 5.62. The van der Waals surface area contributed by atoms with Gasteiger partial charge in [0, 0.05) is 38.5 Å². The second kappa shape index (κ2) is 11.7. The Hall–Kier alpha value is -2.08. The molecule has 6 heteroatoms. The van der Waals surface area contributed by atoms with Gasteiger partial charge in [-0.05, 0) is 63.1 Å². The van der Waals surface area contributed by atoms with Crippen molar-refractivity contribution in [2.75, 3.05) is 26.2 Å². The highest BCUT2D eigenvalue weighted by atomic mass is 16.5. The van der Waals surface area contributed by atoms with Gasteiger partial charge in [0.2, 0.25) is 11.8 Å². The van der Waals surface area contributed by atoms with Gasteiger partial charge in [0.15, 0.2) is 0 Å². The molecule has 1 heterocycles. The molecule has 3 N–H and O–H groups in total. The van der Waals surface area contributed by atoms with Crippen LogP contribution >= 0.6 is 0 Å². The van der Waals surface area contributed by atoms with Gasteiger partial charge in [-0.2, -0.15) is 0 Å². The van der Waals surface area contributed by atoms with Gasteiger partial charge in [-0.25, -0.2) is 0 Å². The highest BCUT2D eigenvalue weighted by Gasteiger charge is 2.26. The van der Waals surface area contributed by atoms with E-state index >= 15 is 0 Å². The van der Waals surface area contributed by atoms with Crippen LogP contribution in [0.4, 0.5) is 0 Å². The molecular formula is C22H35N3O3. The number of nitrogens with one attached hydrogen (secondary N) is 1. The van der Waals surface area contributed by atoms with E-state index in [0.29, 0.717) is 32.5 Å². The van der Waals surface area contributed by atoms with Crippen molar-refractivity contribution < 1.29 is 14.3 Å². The van der Waals surface area contributed by atoms with E-state index in [-0.39, 0.29) is 17.9 Å². The van der Waals surface area contributed by atoms with E-state index in [1.807, 2.05) is 11.8 Å². The second-order valence-electron chi connectivity index (χ2n) is 7.65. The Morgan fingerprint density at radius 3 is 2.82 bits per heavy atom. The number of ether oxygens (including phenoxy) is 1. The summed E-state index contributed by atoms with van der Waals surface area (Å²) in [5.41, 5.74) is 7.73. The lowest BCUT2D eigenvalue weighted by atomic mass is 10.0. The number of hydrogen-bond donors (Lipinski definition) is 2. The number of nitrogens with zero attached hydrogens (tertiary/aromatic N) is 1. The Morgan fingerprint density at radius 2 is 2.04 bits per heavy atom. The van der Waals surface area contributed by atoms with Crippen LogP contribution < -0.4 is 15.8 Å². The van der Waals surface area contributed by atoms with E-state index in [2.05, 4.69) is 30.4 Å². The largest absolute Gasteiger partial charge is 0.493 e. The molecule has 2 rings (SSSR count). The maximum Gasteiger partial charge on any atom is 0.222 e. The van der Waals surface area contributed by atoms with Crippen molar-refractivity contribution in [3.8, 4) is 5.75 Å². The maximum atomic E-state index is 12.7. The first-order chi connectivity index (χ1) is 13.5. The van der Waals surface area contributed by atoms with Gasteiger partial charge in [0.05, 0.1) is 6.61 Å². The van der Waals surface area contributed by atoms with E-state index in [1.54, 1.807) is 0 Å². The average molecular weight is 390 g/mol. The molecule has 0 aliphatic carbocycles. The molecule has 156 valence electrons. The standard InChI is InChI=1S/C22H35N3O3/c1-17-9-10-18(2)20(15-17)28-14-6-4-8-22(27)25-13-5-3-7-19(25)16-24-21(26)11-12-23/h9-10,15,19H,3-8,11-14,16,23H2,1-2H3,(H,24,26). The number of unbranched alkanes of at least 4 members (excludes halogenated alkanes) is 1. The number of carbonyl (C=O) groups is 2. The van der Waals surface area contributed by atoms with Crippen LogP contribution in [-0.2, 0) is 9.59 Å². The van der Waals surface area contributed by atoms with Gasteiger partial charge in [0.25, 0.3) is 0 Å². The lowest BCUT2D eigenvalue weighted by Crippen LogP contribution is -2.49. The van der Waals surface area contributed by atoms with Gasteiger partial charge in [-0.1, -0.05) is 12.1 Å². The molecule has 1 unspecified atom stereocenters.